The van der Waals surface area contributed by atoms with Crippen LogP contribution in [0.25, 0.3) is 11.5 Å². The van der Waals surface area contributed by atoms with E-state index in [1.807, 2.05) is 37.3 Å². The van der Waals surface area contributed by atoms with Gasteiger partial charge in [0.05, 0.1) is 11.3 Å². The Balaban J connectivity index is 1.79. The molecule has 0 unspecified atom stereocenters. The van der Waals surface area contributed by atoms with E-state index in [4.69, 9.17) is 9.68 Å². The second-order valence-corrected chi connectivity index (χ2v) is 5.61. The summed E-state index contributed by atoms with van der Waals surface area (Å²) in [6, 6.07) is 15.5. The lowest BCUT2D eigenvalue weighted by Gasteiger charge is -2.00. The molecule has 0 N–H and O–H groups in total. The fourth-order valence-corrected chi connectivity index (χ4v) is 2.94. The van der Waals surface area contributed by atoms with Gasteiger partial charge in [0.2, 0.25) is 5.89 Å². The van der Waals surface area contributed by atoms with Crippen LogP contribution in [0.15, 0.2) is 58.1 Å². The molecule has 1 aromatic carbocycles. The lowest BCUT2D eigenvalue weighted by molar-refractivity contribution is 0.540. The third-order valence-corrected chi connectivity index (χ3v) is 4.17. The number of pyridine rings is 1. The van der Waals surface area contributed by atoms with E-state index >= 15 is 0 Å². The molecule has 2 heterocycles. The first-order valence-electron chi connectivity index (χ1n) is 6.77. The maximum Gasteiger partial charge on any atom is 0.226 e. The third kappa shape index (κ3) is 3.02. The molecule has 0 aliphatic heterocycles. The minimum atomic E-state index is 0.580. The van der Waals surface area contributed by atoms with Gasteiger partial charge in [-0.05, 0) is 31.2 Å². The second-order valence-electron chi connectivity index (χ2n) is 4.64. The highest BCUT2D eigenvalue weighted by Crippen LogP contribution is 2.27. The van der Waals surface area contributed by atoms with Gasteiger partial charge in [-0.25, -0.2) is 9.97 Å². The van der Waals surface area contributed by atoms with E-state index in [1.54, 1.807) is 18.3 Å². The summed E-state index contributed by atoms with van der Waals surface area (Å²) in [5, 5.41) is 9.80. The van der Waals surface area contributed by atoms with Gasteiger partial charge in [-0.15, -0.1) is 0 Å². The van der Waals surface area contributed by atoms with Crippen molar-refractivity contribution in [2.24, 2.45) is 0 Å². The van der Waals surface area contributed by atoms with Crippen LogP contribution in [0.2, 0.25) is 0 Å². The van der Waals surface area contributed by atoms with E-state index in [0.717, 1.165) is 17.0 Å². The van der Waals surface area contributed by atoms with Crippen LogP contribution < -0.4 is 0 Å². The zero-order valence-corrected chi connectivity index (χ0v) is 12.8. The minimum Gasteiger partial charge on any atom is -0.441 e. The van der Waals surface area contributed by atoms with Gasteiger partial charge in [-0.3, -0.25) is 0 Å². The fraction of sp³-hybridized carbons (Fsp3) is 0.118. The van der Waals surface area contributed by atoms with Gasteiger partial charge >= 0.3 is 0 Å². The molecule has 108 valence electrons. The molecule has 0 fully saturated rings. The molecule has 0 saturated heterocycles. The average Bonchev–Trinajstić information content (AvgIpc) is 2.95. The van der Waals surface area contributed by atoms with Crippen LogP contribution in [0, 0.1) is 18.3 Å². The molecule has 0 radical (unpaired) electrons. The zero-order chi connectivity index (χ0) is 15.4. The normalized spacial score (nSPS) is 10.4. The van der Waals surface area contributed by atoms with Gasteiger partial charge in [0, 0.05) is 17.5 Å². The number of hydrogen-bond acceptors (Lipinski definition) is 5. The molecule has 3 rings (SSSR count). The number of benzene rings is 1. The molecule has 22 heavy (non-hydrogen) atoms. The molecule has 0 aliphatic carbocycles. The van der Waals surface area contributed by atoms with Crippen molar-refractivity contribution in [3.8, 4) is 17.5 Å². The predicted molar refractivity (Wildman–Crippen MR) is 85.2 cm³/mol. The summed E-state index contributed by atoms with van der Waals surface area (Å²) in [6.07, 6.45) is 1.69. The maximum absolute atomic E-state index is 9.09. The molecule has 2 aromatic heterocycles. The van der Waals surface area contributed by atoms with Crippen molar-refractivity contribution < 1.29 is 4.42 Å². The van der Waals surface area contributed by atoms with Gasteiger partial charge < -0.3 is 4.42 Å². The number of aryl methyl sites for hydroxylation is 1. The summed E-state index contributed by atoms with van der Waals surface area (Å²) in [4.78, 5) is 8.79. The Bertz CT molecular complexity index is 821. The smallest absolute Gasteiger partial charge is 0.226 e. The summed E-state index contributed by atoms with van der Waals surface area (Å²) in [5.41, 5.74) is 2.41. The Morgan fingerprint density at radius 3 is 2.77 bits per heavy atom. The molecule has 0 atom stereocenters. The molecule has 0 amide bonds. The maximum atomic E-state index is 9.09. The van der Waals surface area contributed by atoms with Crippen LogP contribution in [0.3, 0.4) is 0 Å². The van der Waals surface area contributed by atoms with Gasteiger partial charge in [0.25, 0.3) is 0 Å². The van der Waals surface area contributed by atoms with Crippen LogP contribution in [-0.4, -0.2) is 9.97 Å². The fourth-order valence-electron chi connectivity index (χ4n) is 1.99. The van der Waals surface area contributed by atoms with Crippen LogP contribution in [0.1, 0.15) is 17.0 Å². The van der Waals surface area contributed by atoms with Crippen molar-refractivity contribution in [2.75, 3.05) is 0 Å². The van der Waals surface area contributed by atoms with Crippen molar-refractivity contribution >= 4 is 11.8 Å². The third-order valence-electron chi connectivity index (χ3n) is 3.15. The Morgan fingerprint density at radius 2 is 2.00 bits per heavy atom. The quantitative estimate of drug-likeness (QED) is 0.676. The highest BCUT2D eigenvalue weighted by molar-refractivity contribution is 7.98. The molecular weight excluding hydrogens is 294 g/mol. The lowest BCUT2D eigenvalue weighted by atomic mass is 10.2. The Kier molecular flexibility index (Phi) is 4.22. The van der Waals surface area contributed by atoms with Crippen molar-refractivity contribution in [3.05, 3.63) is 65.7 Å². The van der Waals surface area contributed by atoms with Crippen LogP contribution in [0.4, 0.5) is 0 Å². The Morgan fingerprint density at radius 1 is 1.18 bits per heavy atom. The molecule has 4 nitrogen and oxygen atoms in total. The monoisotopic (exact) mass is 307 g/mol. The Labute approximate surface area is 132 Å². The van der Waals surface area contributed by atoms with E-state index in [9.17, 15) is 0 Å². The number of thioether (sulfide) groups is 1. The largest absolute Gasteiger partial charge is 0.441 e. The van der Waals surface area contributed by atoms with E-state index in [-0.39, 0.29) is 0 Å². The molecule has 5 heteroatoms. The number of nitrogens with zero attached hydrogens (tertiary/aromatic N) is 3. The van der Waals surface area contributed by atoms with Crippen LogP contribution in [0.5, 0.6) is 0 Å². The van der Waals surface area contributed by atoms with Crippen molar-refractivity contribution in [3.63, 3.8) is 0 Å². The van der Waals surface area contributed by atoms with E-state index in [0.29, 0.717) is 22.2 Å². The lowest BCUT2D eigenvalue weighted by Crippen LogP contribution is -1.89. The highest BCUT2D eigenvalue weighted by Gasteiger charge is 2.12. The number of hydrogen-bond donors (Lipinski definition) is 0. The molecular formula is C17H13N3OS. The molecule has 0 spiro atoms. The first kappa shape index (κ1) is 14.4. The van der Waals surface area contributed by atoms with Gasteiger partial charge in [-0.2, -0.15) is 5.26 Å². The summed E-state index contributed by atoms with van der Waals surface area (Å²) < 4.78 is 5.74. The number of oxazole rings is 1. The summed E-state index contributed by atoms with van der Waals surface area (Å²) in [5.74, 6) is 2.03. The van der Waals surface area contributed by atoms with Crippen molar-refractivity contribution in [2.45, 2.75) is 17.7 Å². The van der Waals surface area contributed by atoms with Gasteiger partial charge in [0.1, 0.15) is 16.9 Å². The molecule has 3 aromatic rings. The minimum absolute atomic E-state index is 0.580. The SMILES string of the molecule is Cc1oc(-c2ccccc2)nc1CSc1ncccc1C#N. The number of aromatic nitrogens is 2. The van der Waals surface area contributed by atoms with Crippen molar-refractivity contribution in [1.29, 1.82) is 5.26 Å². The first-order chi connectivity index (χ1) is 10.8. The van der Waals surface area contributed by atoms with E-state index < -0.39 is 0 Å². The highest BCUT2D eigenvalue weighted by atomic mass is 32.2. The van der Waals surface area contributed by atoms with Gasteiger partial charge in [0.15, 0.2) is 0 Å². The number of rotatable bonds is 4. The second kappa shape index (κ2) is 6.46. The molecule has 0 saturated carbocycles. The molecule has 0 aliphatic rings. The number of nitriles is 1. The van der Waals surface area contributed by atoms with Crippen LogP contribution >= 0.6 is 11.8 Å². The van der Waals surface area contributed by atoms with E-state index in [2.05, 4.69) is 16.0 Å². The van der Waals surface area contributed by atoms with Crippen LogP contribution in [-0.2, 0) is 5.75 Å². The van der Waals surface area contributed by atoms with Crippen molar-refractivity contribution in [1.82, 2.24) is 9.97 Å². The summed E-state index contributed by atoms with van der Waals surface area (Å²) >= 11 is 1.49. The average molecular weight is 307 g/mol. The standard InChI is InChI=1S/C17H13N3OS/c1-12-15(11-22-17-14(10-18)8-5-9-19-17)20-16(21-12)13-6-3-2-4-7-13/h2-9H,11H2,1H3. The summed E-state index contributed by atoms with van der Waals surface area (Å²) in [7, 11) is 0. The topological polar surface area (TPSA) is 62.7 Å². The summed E-state index contributed by atoms with van der Waals surface area (Å²) in [6.45, 7) is 1.90. The first-order valence-corrected chi connectivity index (χ1v) is 7.76. The molecule has 0 bridgehead atoms. The predicted octanol–water partition coefficient (Wildman–Crippen LogP) is 4.21. The Hall–Kier alpha value is -2.58. The zero-order valence-electron chi connectivity index (χ0n) is 12.0. The van der Waals surface area contributed by atoms with E-state index in [1.165, 1.54) is 11.8 Å². The van der Waals surface area contributed by atoms with Gasteiger partial charge in [-0.1, -0.05) is 30.0 Å².